The van der Waals surface area contributed by atoms with E-state index >= 15 is 0 Å². The molecule has 3 N–H and O–H groups in total. The molecule has 2 aliphatic rings. The molecule has 0 radical (unpaired) electrons. The molecule has 1 saturated heterocycles. The van der Waals surface area contributed by atoms with Gasteiger partial charge in [-0.25, -0.2) is 28.1 Å². The van der Waals surface area contributed by atoms with Crippen molar-refractivity contribution in [2.75, 3.05) is 44.3 Å². The van der Waals surface area contributed by atoms with Crippen molar-refractivity contribution in [2.24, 2.45) is 0 Å². The van der Waals surface area contributed by atoms with Crippen molar-refractivity contribution in [1.29, 1.82) is 0 Å². The van der Waals surface area contributed by atoms with Gasteiger partial charge in [-0.1, -0.05) is 24.3 Å². The minimum atomic E-state index is -3.38. The van der Waals surface area contributed by atoms with Crippen LogP contribution in [0.4, 0.5) is 5.82 Å². The molecule has 6 rings (SSSR count). The predicted molar refractivity (Wildman–Crippen MR) is 158 cm³/mol. The van der Waals surface area contributed by atoms with Gasteiger partial charge in [0.25, 0.3) is 0 Å². The van der Waals surface area contributed by atoms with Gasteiger partial charge in [0.05, 0.1) is 12.3 Å². The number of aromatic nitrogens is 4. The number of nitrogens with one attached hydrogen (secondary N) is 3. The van der Waals surface area contributed by atoms with Crippen LogP contribution in [0.25, 0.3) is 22.4 Å². The topological polar surface area (TPSA) is 117 Å². The van der Waals surface area contributed by atoms with Crippen LogP contribution in [0.1, 0.15) is 30.0 Å². The maximum absolute atomic E-state index is 12.2. The van der Waals surface area contributed by atoms with Crippen LogP contribution in [-0.2, 0) is 23.0 Å². The molecule has 0 saturated carbocycles. The summed E-state index contributed by atoms with van der Waals surface area (Å²) in [5, 5.41) is 7.81. The first-order valence-corrected chi connectivity index (χ1v) is 15.8. The molecule has 4 aromatic rings. The van der Waals surface area contributed by atoms with Crippen LogP contribution in [0.15, 0.2) is 61.1 Å². The quantitative estimate of drug-likeness (QED) is 0.286. The van der Waals surface area contributed by atoms with Crippen molar-refractivity contribution in [3.63, 3.8) is 0 Å². The predicted octanol–water partition coefficient (Wildman–Crippen LogP) is 2.81. The Morgan fingerprint density at radius 3 is 2.75 bits per heavy atom. The molecule has 0 aliphatic carbocycles. The number of hydrogen-bond donors (Lipinski definition) is 3. The summed E-state index contributed by atoms with van der Waals surface area (Å²) in [6.07, 6.45) is 10.1. The minimum absolute atomic E-state index is 0.313. The van der Waals surface area contributed by atoms with Gasteiger partial charge < -0.3 is 15.2 Å². The third-order valence-electron chi connectivity index (χ3n) is 7.77. The first-order valence-electron chi connectivity index (χ1n) is 13.9. The first kappa shape index (κ1) is 26.8. The van der Waals surface area contributed by atoms with Crippen LogP contribution in [-0.4, -0.2) is 77.9 Å². The molecule has 40 heavy (non-hydrogen) atoms. The van der Waals surface area contributed by atoms with Gasteiger partial charge in [-0.3, -0.25) is 4.90 Å². The standard InChI is InChI=1S/C29H36N8O2S/c1-40(38,39)35-25(20-36-14-9-21-4-2-3-5-24(21)19-36)18-32-27-16-22(6-13-31-27)28-33-17-23-10-15-37(29(23)34-28)26-7-11-30-12-8-26/h2-6,10,13,15-17,25-26,30,35H,7-9,11-12,14,18-20H2,1H3,(H,31,32). The van der Waals surface area contributed by atoms with Gasteiger partial charge in [0.2, 0.25) is 10.0 Å². The zero-order valence-electron chi connectivity index (χ0n) is 22.8. The summed E-state index contributed by atoms with van der Waals surface area (Å²) in [4.78, 5) is 16.4. The molecular weight excluding hydrogens is 524 g/mol. The molecular formula is C29H36N8O2S. The number of nitrogens with zero attached hydrogens (tertiary/aromatic N) is 5. The number of rotatable bonds is 9. The Hall–Kier alpha value is -3.38. The number of benzene rings is 1. The normalized spacial score (nSPS) is 17.5. The van der Waals surface area contributed by atoms with Crippen molar-refractivity contribution in [1.82, 2.24) is 34.5 Å². The highest BCUT2D eigenvalue weighted by Gasteiger charge is 2.22. The molecule has 0 bridgehead atoms. The average molecular weight is 561 g/mol. The lowest BCUT2D eigenvalue weighted by Gasteiger charge is -2.32. The maximum Gasteiger partial charge on any atom is 0.209 e. The number of sulfonamides is 1. The molecule has 210 valence electrons. The van der Waals surface area contributed by atoms with E-state index in [1.54, 1.807) is 6.20 Å². The summed E-state index contributed by atoms with van der Waals surface area (Å²) in [5.41, 5.74) is 4.48. The summed E-state index contributed by atoms with van der Waals surface area (Å²) in [5.74, 6) is 1.30. The third-order valence-corrected chi connectivity index (χ3v) is 8.54. The van der Waals surface area contributed by atoms with E-state index in [0.29, 0.717) is 30.8 Å². The molecule has 10 nitrogen and oxygen atoms in total. The summed E-state index contributed by atoms with van der Waals surface area (Å²) in [6, 6.07) is 14.5. The first-order chi connectivity index (χ1) is 19.4. The van der Waals surface area contributed by atoms with Gasteiger partial charge in [-0.05, 0) is 61.7 Å². The van der Waals surface area contributed by atoms with E-state index in [9.17, 15) is 8.42 Å². The van der Waals surface area contributed by atoms with Gasteiger partial charge in [-0.2, -0.15) is 0 Å². The SMILES string of the molecule is CS(=O)(=O)NC(CNc1cc(-c2ncc3ccn(C4CCNCC4)c3n2)ccn1)CN1CCc2ccccc2C1. The highest BCUT2D eigenvalue weighted by Crippen LogP contribution is 2.26. The Kier molecular flexibility index (Phi) is 7.79. The van der Waals surface area contributed by atoms with Crippen LogP contribution >= 0.6 is 0 Å². The second-order valence-corrected chi connectivity index (χ2v) is 12.6. The fourth-order valence-electron chi connectivity index (χ4n) is 5.82. The average Bonchev–Trinajstić information content (AvgIpc) is 3.39. The summed E-state index contributed by atoms with van der Waals surface area (Å²) in [7, 11) is -3.38. The number of hydrogen-bond acceptors (Lipinski definition) is 8. The van der Waals surface area contributed by atoms with E-state index in [2.05, 4.69) is 71.3 Å². The van der Waals surface area contributed by atoms with Gasteiger partial charge in [0.1, 0.15) is 11.5 Å². The van der Waals surface area contributed by atoms with Crippen LogP contribution in [0.3, 0.4) is 0 Å². The largest absolute Gasteiger partial charge is 0.368 e. The van der Waals surface area contributed by atoms with E-state index in [0.717, 1.165) is 62.0 Å². The second kappa shape index (κ2) is 11.6. The summed E-state index contributed by atoms with van der Waals surface area (Å²) >= 11 is 0. The van der Waals surface area contributed by atoms with Crippen LogP contribution in [0, 0.1) is 0 Å². The molecule has 3 aromatic heterocycles. The molecule has 1 fully saturated rings. The number of fused-ring (bicyclic) bond motifs is 2. The van der Waals surface area contributed by atoms with E-state index in [-0.39, 0.29) is 6.04 Å². The van der Waals surface area contributed by atoms with E-state index in [1.165, 1.54) is 17.4 Å². The van der Waals surface area contributed by atoms with Crippen LogP contribution in [0.5, 0.6) is 0 Å². The van der Waals surface area contributed by atoms with Crippen LogP contribution in [0.2, 0.25) is 0 Å². The highest BCUT2D eigenvalue weighted by atomic mass is 32.2. The minimum Gasteiger partial charge on any atom is -0.368 e. The van der Waals surface area contributed by atoms with E-state index in [1.807, 2.05) is 18.3 Å². The second-order valence-electron chi connectivity index (χ2n) is 10.8. The Balaban J connectivity index is 1.16. The van der Waals surface area contributed by atoms with E-state index in [4.69, 9.17) is 4.98 Å². The summed E-state index contributed by atoms with van der Waals surface area (Å²) < 4.78 is 29.4. The Labute approximate surface area is 235 Å². The monoisotopic (exact) mass is 560 g/mol. The van der Waals surface area contributed by atoms with Gasteiger partial charge in [0, 0.05) is 61.8 Å². The molecule has 5 heterocycles. The van der Waals surface area contributed by atoms with Crippen LogP contribution < -0.4 is 15.4 Å². The number of piperidine rings is 1. The Morgan fingerprint density at radius 1 is 1.10 bits per heavy atom. The van der Waals surface area contributed by atoms with Gasteiger partial charge in [-0.15, -0.1) is 0 Å². The molecule has 1 atom stereocenters. The third kappa shape index (κ3) is 6.33. The number of pyridine rings is 1. The highest BCUT2D eigenvalue weighted by molar-refractivity contribution is 7.88. The molecule has 0 amide bonds. The van der Waals surface area contributed by atoms with Crippen molar-refractivity contribution < 1.29 is 8.42 Å². The molecule has 1 unspecified atom stereocenters. The summed E-state index contributed by atoms with van der Waals surface area (Å²) in [6.45, 7) is 4.74. The molecule has 11 heteroatoms. The fraction of sp³-hybridized carbons (Fsp3) is 0.414. The molecule has 2 aliphatic heterocycles. The molecule has 1 aromatic carbocycles. The Bertz CT molecular complexity index is 1580. The smallest absolute Gasteiger partial charge is 0.209 e. The zero-order chi connectivity index (χ0) is 27.5. The van der Waals surface area contributed by atoms with Gasteiger partial charge in [0.15, 0.2) is 5.82 Å². The lowest BCUT2D eigenvalue weighted by Crippen LogP contribution is -2.48. The zero-order valence-corrected chi connectivity index (χ0v) is 23.6. The van der Waals surface area contributed by atoms with Gasteiger partial charge >= 0.3 is 0 Å². The molecule has 0 spiro atoms. The van der Waals surface area contributed by atoms with E-state index < -0.39 is 10.0 Å². The van der Waals surface area contributed by atoms with Crippen molar-refractivity contribution in [2.45, 2.75) is 37.9 Å². The van der Waals surface area contributed by atoms with Crippen molar-refractivity contribution >= 4 is 26.9 Å². The van der Waals surface area contributed by atoms with Crippen molar-refractivity contribution in [3.8, 4) is 11.4 Å². The lowest BCUT2D eigenvalue weighted by atomic mass is 9.99. The van der Waals surface area contributed by atoms with Crippen molar-refractivity contribution in [3.05, 3.63) is 72.2 Å². The maximum atomic E-state index is 12.2. The lowest BCUT2D eigenvalue weighted by molar-refractivity contribution is 0.236. The number of anilines is 1. The Morgan fingerprint density at radius 2 is 1.93 bits per heavy atom. The fourth-order valence-corrected chi connectivity index (χ4v) is 6.58.